The Labute approximate surface area is 110 Å². The zero-order chi connectivity index (χ0) is 14.4. The van der Waals surface area contributed by atoms with Crippen LogP contribution in [0.1, 0.15) is 31.9 Å². The topological polar surface area (TPSA) is 118 Å². The molecule has 2 N–H and O–H groups in total. The third-order valence-corrected chi connectivity index (χ3v) is 2.60. The molecule has 0 fully saturated rings. The van der Waals surface area contributed by atoms with Crippen LogP contribution in [0.2, 0.25) is 0 Å². The number of rotatable bonds is 7. The standard InChI is InChI=1S/C11H16N4O4/c1-3-4-5-8(10(16)17)14-11-12-6-9(15(18)19)7(2)13-11/h6,8H,3-5H2,1-2H3,(H,16,17)(H,12,13,14). The van der Waals surface area contributed by atoms with E-state index < -0.39 is 16.9 Å². The molecule has 0 aliphatic rings. The second-order valence-electron chi connectivity index (χ2n) is 4.10. The van der Waals surface area contributed by atoms with E-state index >= 15 is 0 Å². The van der Waals surface area contributed by atoms with Gasteiger partial charge in [-0.2, -0.15) is 0 Å². The lowest BCUT2D eigenvalue weighted by atomic mass is 10.1. The summed E-state index contributed by atoms with van der Waals surface area (Å²) in [6, 6.07) is -0.791. The number of aromatic nitrogens is 2. The number of aryl methyl sites for hydroxylation is 1. The Morgan fingerprint density at radius 2 is 2.32 bits per heavy atom. The highest BCUT2D eigenvalue weighted by Crippen LogP contribution is 2.16. The fourth-order valence-corrected chi connectivity index (χ4v) is 1.53. The van der Waals surface area contributed by atoms with Crippen molar-refractivity contribution in [2.24, 2.45) is 0 Å². The first kappa shape index (κ1) is 14.8. The maximum atomic E-state index is 11.0. The quantitative estimate of drug-likeness (QED) is 0.571. The van der Waals surface area contributed by atoms with E-state index in [1.165, 1.54) is 6.92 Å². The monoisotopic (exact) mass is 268 g/mol. The highest BCUT2D eigenvalue weighted by molar-refractivity contribution is 5.76. The molecule has 0 aliphatic heterocycles. The molecule has 1 atom stereocenters. The van der Waals surface area contributed by atoms with Gasteiger partial charge in [-0.05, 0) is 13.3 Å². The predicted octanol–water partition coefficient (Wildman–Crippen LogP) is 1.75. The fourth-order valence-electron chi connectivity index (χ4n) is 1.53. The summed E-state index contributed by atoms with van der Waals surface area (Å²) in [6.07, 6.45) is 3.16. The Bertz CT molecular complexity index is 478. The summed E-state index contributed by atoms with van der Waals surface area (Å²) in [4.78, 5) is 28.7. The first-order valence-electron chi connectivity index (χ1n) is 5.93. The normalized spacial score (nSPS) is 11.9. The fraction of sp³-hybridized carbons (Fsp3) is 0.545. The Kier molecular flexibility index (Phi) is 5.16. The molecule has 104 valence electrons. The average molecular weight is 268 g/mol. The van der Waals surface area contributed by atoms with E-state index in [0.29, 0.717) is 6.42 Å². The van der Waals surface area contributed by atoms with Crippen molar-refractivity contribution in [3.63, 3.8) is 0 Å². The SMILES string of the molecule is CCCCC(Nc1ncc([N+](=O)[O-])c(C)n1)C(=O)O. The summed E-state index contributed by atoms with van der Waals surface area (Å²) in [7, 11) is 0. The highest BCUT2D eigenvalue weighted by Gasteiger charge is 2.19. The molecule has 0 saturated carbocycles. The van der Waals surface area contributed by atoms with E-state index in [4.69, 9.17) is 5.11 Å². The van der Waals surface area contributed by atoms with Crippen molar-refractivity contribution in [3.05, 3.63) is 22.0 Å². The van der Waals surface area contributed by atoms with E-state index in [9.17, 15) is 14.9 Å². The Hall–Kier alpha value is -2.25. The number of carbonyl (C=O) groups is 1. The van der Waals surface area contributed by atoms with Crippen molar-refractivity contribution < 1.29 is 14.8 Å². The second-order valence-corrected chi connectivity index (χ2v) is 4.10. The molecule has 19 heavy (non-hydrogen) atoms. The maximum absolute atomic E-state index is 11.0. The van der Waals surface area contributed by atoms with E-state index in [1.807, 2.05) is 6.92 Å². The molecule has 0 amide bonds. The molecule has 0 aliphatic carbocycles. The summed E-state index contributed by atoms with van der Waals surface area (Å²) in [5, 5.41) is 22.3. The Morgan fingerprint density at radius 3 is 2.79 bits per heavy atom. The molecule has 1 aromatic heterocycles. The van der Waals surface area contributed by atoms with Crippen molar-refractivity contribution in [3.8, 4) is 0 Å². The number of carboxylic acids is 1. The van der Waals surface area contributed by atoms with Crippen LogP contribution >= 0.6 is 0 Å². The molecule has 0 saturated heterocycles. The van der Waals surface area contributed by atoms with Gasteiger partial charge in [-0.1, -0.05) is 19.8 Å². The zero-order valence-corrected chi connectivity index (χ0v) is 10.8. The first-order chi connectivity index (χ1) is 8.95. The number of unbranched alkanes of at least 4 members (excludes halogenated alkanes) is 1. The van der Waals surface area contributed by atoms with Crippen LogP contribution in [0.25, 0.3) is 0 Å². The molecular weight excluding hydrogens is 252 g/mol. The van der Waals surface area contributed by atoms with Crippen LogP contribution in [0.4, 0.5) is 11.6 Å². The lowest BCUT2D eigenvalue weighted by molar-refractivity contribution is -0.386. The maximum Gasteiger partial charge on any atom is 0.326 e. The van der Waals surface area contributed by atoms with Gasteiger partial charge in [0.15, 0.2) is 0 Å². The van der Waals surface area contributed by atoms with Crippen molar-refractivity contribution in [2.45, 2.75) is 39.2 Å². The van der Waals surface area contributed by atoms with Gasteiger partial charge < -0.3 is 10.4 Å². The molecule has 0 bridgehead atoms. The summed E-state index contributed by atoms with van der Waals surface area (Å²) in [5.41, 5.74) is 0.00751. The van der Waals surface area contributed by atoms with E-state index in [-0.39, 0.29) is 17.3 Å². The summed E-state index contributed by atoms with van der Waals surface area (Å²) >= 11 is 0. The third kappa shape index (κ3) is 4.16. The minimum absolute atomic E-state index is 0.0894. The Balaban J connectivity index is 2.82. The predicted molar refractivity (Wildman–Crippen MR) is 68.0 cm³/mol. The Morgan fingerprint density at radius 1 is 1.63 bits per heavy atom. The van der Waals surface area contributed by atoms with Crippen LogP contribution in [0.3, 0.4) is 0 Å². The number of nitro groups is 1. The zero-order valence-electron chi connectivity index (χ0n) is 10.8. The largest absolute Gasteiger partial charge is 0.480 e. The molecule has 0 spiro atoms. The number of hydrogen-bond acceptors (Lipinski definition) is 6. The van der Waals surface area contributed by atoms with E-state index in [2.05, 4.69) is 15.3 Å². The van der Waals surface area contributed by atoms with E-state index in [0.717, 1.165) is 19.0 Å². The molecule has 1 heterocycles. The minimum atomic E-state index is -0.993. The van der Waals surface area contributed by atoms with Crippen LogP contribution in [-0.4, -0.2) is 32.0 Å². The van der Waals surface area contributed by atoms with Gasteiger partial charge in [-0.3, -0.25) is 10.1 Å². The van der Waals surface area contributed by atoms with Crippen molar-refractivity contribution in [1.29, 1.82) is 0 Å². The molecular formula is C11H16N4O4. The molecule has 8 heteroatoms. The lowest BCUT2D eigenvalue weighted by Gasteiger charge is -2.13. The number of aliphatic carboxylic acids is 1. The van der Waals surface area contributed by atoms with Crippen LogP contribution in [-0.2, 0) is 4.79 Å². The van der Waals surface area contributed by atoms with Gasteiger partial charge in [0.25, 0.3) is 0 Å². The summed E-state index contributed by atoms with van der Waals surface area (Å²) in [5.74, 6) is -0.903. The molecule has 0 radical (unpaired) electrons. The molecule has 1 unspecified atom stereocenters. The van der Waals surface area contributed by atoms with Gasteiger partial charge in [0.05, 0.1) is 4.92 Å². The van der Waals surface area contributed by atoms with Gasteiger partial charge in [0.2, 0.25) is 5.95 Å². The number of carboxylic acid groups (broad SMARTS) is 1. The van der Waals surface area contributed by atoms with Gasteiger partial charge in [-0.15, -0.1) is 0 Å². The number of nitrogens with zero attached hydrogens (tertiary/aromatic N) is 3. The lowest BCUT2D eigenvalue weighted by Crippen LogP contribution is -2.30. The van der Waals surface area contributed by atoms with Crippen molar-refractivity contribution >= 4 is 17.6 Å². The average Bonchev–Trinajstić information content (AvgIpc) is 2.33. The first-order valence-corrected chi connectivity index (χ1v) is 5.93. The third-order valence-electron chi connectivity index (χ3n) is 2.60. The minimum Gasteiger partial charge on any atom is -0.480 e. The smallest absolute Gasteiger partial charge is 0.326 e. The van der Waals surface area contributed by atoms with Gasteiger partial charge in [-0.25, -0.2) is 14.8 Å². The molecule has 8 nitrogen and oxygen atoms in total. The molecule has 1 rings (SSSR count). The van der Waals surface area contributed by atoms with Crippen LogP contribution in [0, 0.1) is 17.0 Å². The molecule has 1 aromatic rings. The number of hydrogen-bond donors (Lipinski definition) is 2. The van der Waals surface area contributed by atoms with Crippen LogP contribution in [0.5, 0.6) is 0 Å². The van der Waals surface area contributed by atoms with Crippen LogP contribution < -0.4 is 5.32 Å². The summed E-state index contributed by atoms with van der Waals surface area (Å²) < 4.78 is 0. The van der Waals surface area contributed by atoms with Gasteiger partial charge in [0, 0.05) is 0 Å². The van der Waals surface area contributed by atoms with Gasteiger partial charge in [0.1, 0.15) is 17.9 Å². The van der Waals surface area contributed by atoms with Crippen molar-refractivity contribution in [2.75, 3.05) is 5.32 Å². The van der Waals surface area contributed by atoms with E-state index in [1.54, 1.807) is 0 Å². The number of nitrogens with one attached hydrogen (secondary N) is 1. The van der Waals surface area contributed by atoms with Gasteiger partial charge >= 0.3 is 11.7 Å². The highest BCUT2D eigenvalue weighted by atomic mass is 16.6. The summed E-state index contributed by atoms with van der Waals surface area (Å²) in [6.45, 7) is 3.44. The van der Waals surface area contributed by atoms with Crippen LogP contribution in [0.15, 0.2) is 6.20 Å². The molecule has 0 aromatic carbocycles. The number of anilines is 1. The second kappa shape index (κ2) is 6.62. The van der Waals surface area contributed by atoms with Crippen molar-refractivity contribution in [1.82, 2.24) is 9.97 Å².